The molecule has 3 saturated carbocycles. The smallest absolute Gasteiger partial charge is 0.369 e. The summed E-state index contributed by atoms with van der Waals surface area (Å²) in [4.78, 5) is 11.7. The first-order chi connectivity index (χ1) is 9.44. The Labute approximate surface area is 122 Å². The minimum atomic E-state index is -5.18. The summed E-state index contributed by atoms with van der Waals surface area (Å²) in [5.41, 5.74) is -0.642. The largest absolute Gasteiger partial charge is 0.497 e. The molecule has 1 unspecified atom stereocenters. The molecule has 3 fully saturated rings. The molecule has 0 saturated heterocycles. The van der Waals surface area contributed by atoms with Crippen molar-refractivity contribution in [1.82, 2.24) is 0 Å². The molecular formula is C13H20F3NO3S. The standard InChI is InChI=1S/C13H20F3NO3S/c1-9-8-11(6-7-21(19,20)13(14,15)16)2-4-12(9,5-3-11)10(17)18/h9H,2-8H2,1H3,(H2,17,18). The summed E-state index contributed by atoms with van der Waals surface area (Å²) < 4.78 is 59.7. The van der Waals surface area contributed by atoms with Gasteiger partial charge in [0.2, 0.25) is 15.7 Å². The van der Waals surface area contributed by atoms with Crippen molar-refractivity contribution >= 4 is 15.7 Å². The molecule has 0 aromatic rings. The lowest BCUT2D eigenvalue weighted by molar-refractivity contribution is -0.144. The molecule has 122 valence electrons. The number of sulfone groups is 1. The van der Waals surface area contributed by atoms with Crippen molar-refractivity contribution in [3.8, 4) is 0 Å². The molecule has 2 N–H and O–H groups in total. The van der Waals surface area contributed by atoms with Gasteiger partial charge < -0.3 is 5.73 Å². The Morgan fingerprint density at radius 3 is 2.14 bits per heavy atom. The summed E-state index contributed by atoms with van der Waals surface area (Å²) in [6.45, 7) is 1.89. The Morgan fingerprint density at radius 2 is 1.76 bits per heavy atom. The third-order valence-electron chi connectivity index (χ3n) is 5.63. The summed E-state index contributed by atoms with van der Waals surface area (Å²) in [5, 5.41) is 0. The second kappa shape index (κ2) is 4.86. The van der Waals surface area contributed by atoms with E-state index in [1.165, 1.54) is 0 Å². The van der Waals surface area contributed by atoms with E-state index in [1.807, 2.05) is 6.92 Å². The number of fused-ring (bicyclic) bond motifs is 3. The third kappa shape index (κ3) is 2.66. The zero-order valence-electron chi connectivity index (χ0n) is 11.9. The first kappa shape index (κ1) is 16.6. The van der Waals surface area contributed by atoms with Gasteiger partial charge in [-0.3, -0.25) is 4.79 Å². The van der Waals surface area contributed by atoms with Gasteiger partial charge in [0.15, 0.2) is 0 Å². The van der Waals surface area contributed by atoms with E-state index < -0.39 is 31.9 Å². The quantitative estimate of drug-likeness (QED) is 0.861. The summed E-state index contributed by atoms with van der Waals surface area (Å²) in [6.07, 6.45) is 2.84. The molecule has 3 rings (SSSR count). The molecule has 3 aliphatic carbocycles. The topological polar surface area (TPSA) is 77.2 Å². The minimum absolute atomic E-state index is 0.00796. The van der Waals surface area contributed by atoms with Crippen LogP contribution in [0.1, 0.15) is 45.4 Å². The van der Waals surface area contributed by atoms with Gasteiger partial charge in [0, 0.05) is 0 Å². The highest BCUT2D eigenvalue weighted by Crippen LogP contribution is 2.61. The van der Waals surface area contributed by atoms with Crippen LogP contribution in [0.5, 0.6) is 0 Å². The van der Waals surface area contributed by atoms with Crippen LogP contribution in [0.15, 0.2) is 0 Å². The number of amides is 1. The van der Waals surface area contributed by atoms with Crippen LogP contribution in [-0.4, -0.2) is 25.6 Å². The van der Waals surface area contributed by atoms with E-state index in [0.29, 0.717) is 32.1 Å². The molecule has 4 nitrogen and oxygen atoms in total. The Bertz CT molecular complexity index is 533. The number of hydrogen-bond acceptors (Lipinski definition) is 3. The lowest BCUT2D eigenvalue weighted by Gasteiger charge is -2.55. The van der Waals surface area contributed by atoms with Crippen molar-refractivity contribution < 1.29 is 26.4 Å². The molecule has 0 radical (unpaired) electrons. The number of hydrogen-bond donors (Lipinski definition) is 1. The van der Waals surface area contributed by atoms with Crippen LogP contribution in [-0.2, 0) is 14.6 Å². The Kier molecular flexibility index (Phi) is 3.84. The van der Waals surface area contributed by atoms with E-state index in [2.05, 4.69) is 0 Å². The van der Waals surface area contributed by atoms with Crippen LogP contribution in [0, 0.1) is 16.7 Å². The minimum Gasteiger partial charge on any atom is -0.369 e. The van der Waals surface area contributed by atoms with Gasteiger partial charge in [-0.2, -0.15) is 13.2 Å². The molecule has 21 heavy (non-hydrogen) atoms. The van der Waals surface area contributed by atoms with E-state index in [-0.39, 0.29) is 18.2 Å². The van der Waals surface area contributed by atoms with Gasteiger partial charge in [-0.25, -0.2) is 8.42 Å². The van der Waals surface area contributed by atoms with E-state index >= 15 is 0 Å². The van der Waals surface area contributed by atoms with Crippen molar-refractivity contribution in [3.63, 3.8) is 0 Å². The van der Waals surface area contributed by atoms with Gasteiger partial charge in [-0.1, -0.05) is 6.92 Å². The molecule has 0 aliphatic heterocycles. The summed E-state index contributed by atoms with van der Waals surface area (Å²) >= 11 is 0. The summed E-state index contributed by atoms with van der Waals surface area (Å²) in [5.74, 6) is -1.22. The molecule has 0 aromatic heterocycles. The average molecular weight is 327 g/mol. The molecule has 0 spiro atoms. The maximum atomic E-state index is 12.4. The van der Waals surface area contributed by atoms with Crippen LogP contribution in [0.2, 0.25) is 0 Å². The van der Waals surface area contributed by atoms with Gasteiger partial charge in [0.05, 0.1) is 11.2 Å². The molecule has 0 heterocycles. The number of rotatable bonds is 4. The maximum absolute atomic E-state index is 12.4. The fraction of sp³-hybridized carbons (Fsp3) is 0.923. The van der Waals surface area contributed by atoms with E-state index in [4.69, 9.17) is 5.73 Å². The monoisotopic (exact) mass is 327 g/mol. The predicted molar refractivity (Wildman–Crippen MR) is 70.8 cm³/mol. The molecule has 1 atom stereocenters. The number of primary amides is 1. The fourth-order valence-corrected chi connectivity index (χ4v) is 5.01. The Balaban J connectivity index is 2.09. The second-order valence-corrected chi connectivity index (χ2v) is 8.74. The first-order valence-electron chi connectivity index (χ1n) is 7.03. The highest BCUT2D eigenvalue weighted by molar-refractivity contribution is 7.92. The second-order valence-electron chi connectivity index (χ2n) is 6.64. The van der Waals surface area contributed by atoms with Gasteiger partial charge in [0.1, 0.15) is 0 Å². The molecule has 3 aliphatic rings. The van der Waals surface area contributed by atoms with E-state index in [9.17, 15) is 26.4 Å². The van der Waals surface area contributed by atoms with Crippen LogP contribution in [0.3, 0.4) is 0 Å². The van der Waals surface area contributed by atoms with Gasteiger partial charge >= 0.3 is 5.51 Å². The number of carbonyl (C=O) groups excluding carboxylic acids is 1. The Hall–Kier alpha value is -0.790. The van der Waals surface area contributed by atoms with Crippen LogP contribution < -0.4 is 5.73 Å². The molecule has 1 amide bonds. The maximum Gasteiger partial charge on any atom is 0.497 e. The van der Waals surface area contributed by atoms with E-state index in [0.717, 1.165) is 0 Å². The number of nitrogens with two attached hydrogens (primary N) is 1. The lowest BCUT2D eigenvalue weighted by Crippen LogP contribution is -2.53. The van der Waals surface area contributed by atoms with Crippen LogP contribution in [0.25, 0.3) is 0 Å². The Morgan fingerprint density at radius 1 is 1.24 bits per heavy atom. The zero-order valence-corrected chi connectivity index (χ0v) is 12.7. The molecule has 2 bridgehead atoms. The van der Waals surface area contributed by atoms with Crippen molar-refractivity contribution in [2.75, 3.05) is 5.75 Å². The lowest BCUT2D eigenvalue weighted by atomic mass is 9.48. The van der Waals surface area contributed by atoms with Crippen molar-refractivity contribution in [2.45, 2.75) is 51.0 Å². The zero-order chi connectivity index (χ0) is 16.1. The number of alkyl halides is 3. The molecule has 0 aromatic carbocycles. The average Bonchev–Trinajstić information content (AvgIpc) is 2.36. The highest BCUT2D eigenvalue weighted by atomic mass is 32.2. The van der Waals surface area contributed by atoms with Gasteiger partial charge in [-0.05, 0) is 49.9 Å². The first-order valence-corrected chi connectivity index (χ1v) is 8.68. The summed E-state index contributed by atoms with van der Waals surface area (Å²) in [7, 11) is -5.07. The number of carbonyl (C=O) groups is 1. The molecular weight excluding hydrogens is 307 g/mol. The van der Waals surface area contributed by atoms with Gasteiger partial charge in [0.25, 0.3) is 0 Å². The fourth-order valence-electron chi connectivity index (χ4n) is 4.08. The third-order valence-corrected chi connectivity index (χ3v) is 7.08. The molecule has 8 heteroatoms. The predicted octanol–water partition coefficient (Wildman–Crippen LogP) is 2.38. The normalized spacial score (nSPS) is 36.7. The SMILES string of the molecule is CC1CC2(CCS(=O)(=O)C(F)(F)F)CCC1(C(N)=O)CC2. The van der Waals surface area contributed by atoms with Crippen LogP contribution in [0.4, 0.5) is 13.2 Å². The van der Waals surface area contributed by atoms with Crippen molar-refractivity contribution in [2.24, 2.45) is 22.5 Å². The van der Waals surface area contributed by atoms with E-state index in [1.54, 1.807) is 0 Å². The number of halogens is 3. The van der Waals surface area contributed by atoms with Gasteiger partial charge in [-0.15, -0.1) is 0 Å². The highest BCUT2D eigenvalue weighted by Gasteiger charge is 2.56. The van der Waals surface area contributed by atoms with Crippen molar-refractivity contribution in [1.29, 1.82) is 0 Å². The summed E-state index contributed by atoms with van der Waals surface area (Å²) in [6, 6.07) is 0. The van der Waals surface area contributed by atoms with Crippen LogP contribution >= 0.6 is 0 Å². The van der Waals surface area contributed by atoms with Crippen molar-refractivity contribution in [3.05, 3.63) is 0 Å².